The van der Waals surface area contributed by atoms with Gasteiger partial charge in [0.25, 0.3) is 0 Å². The molecule has 4 rings (SSSR count). The first-order valence-corrected chi connectivity index (χ1v) is 8.82. The van der Waals surface area contributed by atoms with Gasteiger partial charge in [0.05, 0.1) is 37.0 Å². The summed E-state index contributed by atoms with van der Waals surface area (Å²) in [6, 6.07) is 4.27. The van der Waals surface area contributed by atoms with Gasteiger partial charge in [0.1, 0.15) is 5.82 Å². The number of alkyl halides is 3. The second-order valence-electron chi connectivity index (χ2n) is 6.54. The van der Waals surface area contributed by atoms with E-state index in [1.165, 1.54) is 11.3 Å². The van der Waals surface area contributed by atoms with Crippen molar-refractivity contribution in [1.29, 1.82) is 0 Å². The second kappa shape index (κ2) is 8.52. The van der Waals surface area contributed by atoms with Crippen LogP contribution in [0.2, 0.25) is 0 Å². The zero-order valence-corrected chi connectivity index (χ0v) is 15.6. The molecule has 0 fully saturated rings. The third kappa shape index (κ3) is 5.05. The van der Waals surface area contributed by atoms with Crippen molar-refractivity contribution >= 4 is 5.97 Å². The Morgan fingerprint density at radius 1 is 1.34 bits per heavy atom. The maximum atomic E-state index is 10.6. The van der Waals surface area contributed by atoms with E-state index in [2.05, 4.69) is 26.5 Å². The SMILES string of the molecule is CC1c2ncc(Cn3cccn3)n2CCN1Cc1ccoc1.O=C(O)C(F)(F)F. The van der Waals surface area contributed by atoms with E-state index in [9.17, 15) is 13.2 Å². The Kier molecular flexibility index (Phi) is 6.06. The highest BCUT2D eigenvalue weighted by atomic mass is 19.4. The molecule has 156 valence electrons. The van der Waals surface area contributed by atoms with Crippen LogP contribution in [0, 0.1) is 0 Å². The Balaban J connectivity index is 0.000000298. The van der Waals surface area contributed by atoms with E-state index in [1.54, 1.807) is 6.26 Å². The lowest BCUT2D eigenvalue weighted by Crippen LogP contribution is -2.37. The first kappa shape index (κ1) is 20.6. The van der Waals surface area contributed by atoms with Gasteiger partial charge in [-0.25, -0.2) is 9.78 Å². The second-order valence-corrected chi connectivity index (χ2v) is 6.54. The van der Waals surface area contributed by atoms with E-state index in [4.69, 9.17) is 14.3 Å². The minimum atomic E-state index is -5.08. The summed E-state index contributed by atoms with van der Waals surface area (Å²) >= 11 is 0. The molecule has 0 bridgehead atoms. The molecule has 0 aromatic carbocycles. The number of nitrogens with zero attached hydrogens (tertiary/aromatic N) is 5. The van der Waals surface area contributed by atoms with Crippen molar-refractivity contribution in [3.8, 4) is 0 Å². The van der Waals surface area contributed by atoms with Crippen molar-refractivity contribution in [3.05, 3.63) is 60.3 Å². The van der Waals surface area contributed by atoms with Crippen LogP contribution in [0.5, 0.6) is 0 Å². The number of aliphatic carboxylic acids is 1. The fraction of sp³-hybridized carbons (Fsp3) is 0.389. The van der Waals surface area contributed by atoms with Crippen LogP contribution < -0.4 is 0 Å². The normalized spacial score (nSPS) is 16.8. The Bertz CT molecular complexity index is 919. The van der Waals surface area contributed by atoms with E-state index < -0.39 is 12.1 Å². The monoisotopic (exact) mass is 411 g/mol. The van der Waals surface area contributed by atoms with Gasteiger partial charge < -0.3 is 14.1 Å². The number of carboxylic acids is 1. The summed E-state index contributed by atoms with van der Waals surface area (Å²) in [5.41, 5.74) is 2.43. The molecule has 3 aromatic heterocycles. The summed E-state index contributed by atoms with van der Waals surface area (Å²) in [5, 5.41) is 11.4. The molecule has 0 saturated carbocycles. The van der Waals surface area contributed by atoms with Crippen LogP contribution in [0.4, 0.5) is 13.2 Å². The molecule has 29 heavy (non-hydrogen) atoms. The van der Waals surface area contributed by atoms with Crippen LogP contribution in [-0.2, 0) is 24.4 Å². The summed E-state index contributed by atoms with van der Waals surface area (Å²) in [6.07, 6.45) is 4.24. The van der Waals surface area contributed by atoms with E-state index in [0.29, 0.717) is 6.04 Å². The molecule has 0 spiro atoms. The third-order valence-electron chi connectivity index (χ3n) is 4.59. The number of aromatic nitrogens is 4. The van der Waals surface area contributed by atoms with Gasteiger partial charge in [-0.1, -0.05) is 0 Å². The molecular formula is C18H20F3N5O3. The number of hydrogen-bond donors (Lipinski definition) is 1. The Labute approximate surface area is 164 Å². The average molecular weight is 411 g/mol. The van der Waals surface area contributed by atoms with Gasteiger partial charge in [-0.15, -0.1) is 0 Å². The maximum Gasteiger partial charge on any atom is 0.490 e. The number of carboxylic acid groups (broad SMARTS) is 1. The van der Waals surface area contributed by atoms with Gasteiger partial charge in [0.15, 0.2) is 0 Å². The largest absolute Gasteiger partial charge is 0.490 e. The highest BCUT2D eigenvalue weighted by Gasteiger charge is 2.38. The van der Waals surface area contributed by atoms with Crippen LogP contribution in [0.1, 0.15) is 30.0 Å². The van der Waals surface area contributed by atoms with E-state index in [0.717, 1.165) is 32.0 Å². The van der Waals surface area contributed by atoms with Gasteiger partial charge in [-0.05, 0) is 19.1 Å². The molecule has 1 unspecified atom stereocenters. The highest BCUT2D eigenvalue weighted by Crippen LogP contribution is 2.27. The number of fused-ring (bicyclic) bond motifs is 1. The van der Waals surface area contributed by atoms with Gasteiger partial charge in [-0.3, -0.25) is 9.58 Å². The molecule has 0 amide bonds. The van der Waals surface area contributed by atoms with Crippen LogP contribution in [0.25, 0.3) is 0 Å². The van der Waals surface area contributed by atoms with E-state index >= 15 is 0 Å². The summed E-state index contributed by atoms with van der Waals surface area (Å²) in [4.78, 5) is 16.0. The van der Waals surface area contributed by atoms with Crippen LogP contribution in [0.15, 0.2) is 47.7 Å². The van der Waals surface area contributed by atoms with Crippen molar-refractivity contribution < 1.29 is 27.5 Å². The minimum Gasteiger partial charge on any atom is -0.475 e. The number of hydrogen-bond acceptors (Lipinski definition) is 5. The molecule has 1 atom stereocenters. The minimum absolute atomic E-state index is 0.301. The van der Waals surface area contributed by atoms with E-state index in [-0.39, 0.29) is 0 Å². The lowest BCUT2D eigenvalue weighted by atomic mass is 10.2. The molecule has 0 aliphatic carbocycles. The Morgan fingerprint density at radius 2 is 2.10 bits per heavy atom. The highest BCUT2D eigenvalue weighted by molar-refractivity contribution is 5.73. The first-order valence-electron chi connectivity index (χ1n) is 8.82. The zero-order chi connectivity index (χ0) is 21.0. The lowest BCUT2D eigenvalue weighted by molar-refractivity contribution is -0.192. The van der Waals surface area contributed by atoms with Crippen molar-refractivity contribution in [2.75, 3.05) is 6.54 Å². The van der Waals surface area contributed by atoms with Crippen molar-refractivity contribution in [2.24, 2.45) is 0 Å². The predicted octanol–water partition coefficient (Wildman–Crippen LogP) is 2.93. The maximum absolute atomic E-state index is 10.6. The van der Waals surface area contributed by atoms with Crippen molar-refractivity contribution in [2.45, 2.75) is 38.8 Å². The number of rotatable bonds is 4. The van der Waals surface area contributed by atoms with Crippen LogP contribution in [0.3, 0.4) is 0 Å². The quantitative estimate of drug-likeness (QED) is 0.710. The molecule has 1 N–H and O–H groups in total. The summed E-state index contributed by atoms with van der Waals surface area (Å²) in [5.74, 6) is -1.62. The third-order valence-corrected chi connectivity index (χ3v) is 4.59. The number of carbonyl (C=O) groups is 1. The van der Waals surface area contributed by atoms with E-state index in [1.807, 2.05) is 41.7 Å². The number of halogens is 3. The first-order chi connectivity index (χ1) is 13.8. The standard InChI is InChI=1S/C16H19N5O.C2HF3O2/c1-13-16-17-9-15(11-20-5-2-4-18-20)21(16)7-6-19(13)10-14-3-8-22-12-14;3-2(4,5)1(6)7/h2-5,8-9,12-13H,6-7,10-11H2,1H3;(H,6,7). The fourth-order valence-corrected chi connectivity index (χ4v) is 3.12. The molecular weight excluding hydrogens is 391 g/mol. The fourth-order valence-electron chi connectivity index (χ4n) is 3.12. The smallest absolute Gasteiger partial charge is 0.475 e. The van der Waals surface area contributed by atoms with Crippen molar-refractivity contribution in [1.82, 2.24) is 24.2 Å². The molecule has 4 heterocycles. The van der Waals surface area contributed by atoms with Gasteiger partial charge in [0, 0.05) is 37.6 Å². The van der Waals surface area contributed by atoms with Crippen LogP contribution >= 0.6 is 0 Å². The molecule has 0 radical (unpaired) electrons. The molecule has 11 heteroatoms. The number of furan rings is 1. The zero-order valence-electron chi connectivity index (χ0n) is 15.6. The van der Waals surface area contributed by atoms with Crippen LogP contribution in [-0.4, -0.2) is 48.0 Å². The lowest BCUT2D eigenvalue weighted by Gasteiger charge is -2.34. The Hall–Kier alpha value is -3.08. The summed E-state index contributed by atoms with van der Waals surface area (Å²) in [7, 11) is 0. The molecule has 1 aliphatic heterocycles. The summed E-state index contributed by atoms with van der Waals surface area (Å²) < 4.78 is 41.2. The topological polar surface area (TPSA) is 89.3 Å². The number of imidazole rings is 1. The summed E-state index contributed by atoms with van der Waals surface area (Å²) in [6.45, 7) is 5.87. The predicted molar refractivity (Wildman–Crippen MR) is 94.8 cm³/mol. The van der Waals surface area contributed by atoms with Crippen molar-refractivity contribution in [3.63, 3.8) is 0 Å². The molecule has 3 aromatic rings. The molecule has 1 aliphatic rings. The van der Waals surface area contributed by atoms with Gasteiger partial charge in [-0.2, -0.15) is 18.3 Å². The Morgan fingerprint density at radius 3 is 2.69 bits per heavy atom. The average Bonchev–Trinajstić information content (AvgIpc) is 3.41. The van der Waals surface area contributed by atoms with Gasteiger partial charge >= 0.3 is 12.1 Å². The molecule has 0 saturated heterocycles. The molecule has 8 nitrogen and oxygen atoms in total. The van der Waals surface area contributed by atoms with Gasteiger partial charge in [0.2, 0.25) is 0 Å².